The SMILES string of the molecule is N#Cc1ccc(-c2cc(-c3ccc(Cl)cc3)n(-c3ccccc3S(N)(=O)=O)n2)cc1. The average molecular weight is 435 g/mol. The van der Waals surface area contributed by atoms with Gasteiger partial charge in [0.2, 0.25) is 10.0 Å². The molecule has 0 amide bonds. The second kappa shape index (κ2) is 7.76. The van der Waals surface area contributed by atoms with Crippen LogP contribution in [-0.4, -0.2) is 18.2 Å². The lowest BCUT2D eigenvalue weighted by Gasteiger charge is -2.11. The number of primary sulfonamides is 1. The van der Waals surface area contributed by atoms with Gasteiger partial charge in [-0.1, -0.05) is 48.0 Å². The van der Waals surface area contributed by atoms with Crippen molar-refractivity contribution in [2.45, 2.75) is 4.90 Å². The second-order valence-electron chi connectivity index (χ2n) is 6.54. The van der Waals surface area contributed by atoms with Gasteiger partial charge >= 0.3 is 0 Å². The maximum atomic E-state index is 12.2. The Morgan fingerprint density at radius 1 is 0.933 bits per heavy atom. The van der Waals surface area contributed by atoms with Crippen LogP contribution in [0.15, 0.2) is 83.8 Å². The second-order valence-corrected chi connectivity index (χ2v) is 8.50. The number of rotatable bonds is 4. The standard InChI is InChI=1S/C22H15ClN4O2S/c23-18-11-9-17(10-12-18)21-13-19(16-7-5-15(14-24)6-8-16)26-27(21)20-3-1-2-4-22(20)30(25,28)29/h1-13H,(H2,25,28,29). The molecule has 0 saturated carbocycles. The summed E-state index contributed by atoms with van der Waals surface area (Å²) in [6, 6.07) is 24.5. The van der Waals surface area contributed by atoms with Crippen molar-refractivity contribution in [2.75, 3.05) is 0 Å². The summed E-state index contributed by atoms with van der Waals surface area (Å²) in [4.78, 5) is -0.0327. The molecule has 2 N–H and O–H groups in total. The van der Waals surface area contributed by atoms with Gasteiger partial charge in [0.15, 0.2) is 0 Å². The third kappa shape index (κ3) is 3.84. The third-order valence-corrected chi connectivity index (χ3v) is 5.77. The molecule has 6 nitrogen and oxygen atoms in total. The van der Waals surface area contributed by atoms with Crippen LogP contribution in [0.5, 0.6) is 0 Å². The van der Waals surface area contributed by atoms with E-state index < -0.39 is 10.0 Å². The fourth-order valence-corrected chi connectivity index (χ4v) is 3.96. The zero-order chi connectivity index (χ0) is 21.3. The Hall–Kier alpha value is -3.44. The number of hydrogen-bond acceptors (Lipinski definition) is 4. The van der Waals surface area contributed by atoms with E-state index in [1.807, 2.05) is 18.2 Å². The van der Waals surface area contributed by atoms with E-state index >= 15 is 0 Å². The molecule has 0 bridgehead atoms. The number of nitrogens with two attached hydrogens (primary N) is 1. The fourth-order valence-electron chi connectivity index (χ4n) is 3.12. The molecule has 0 spiro atoms. The molecule has 0 atom stereocenters. The Kier molecular flexibility index (Phi) is 5.14. The van der Waals surface area contributed by atoms with Crippen LogP contribution in [0.1, 0.15) is 5.56 Å². The summed E-state index contributed by atoms with van der Waals surface area (Å²) < 4.78 is 25.9. The van der Waals surface area contributed by atoms with Gasteiger partial charge in [-0.2, -0.15) is 10.4 Å². The average Bonchev–Trinajstić information content (AvgIpc) is 3.19. The van der Waals surface area contributed by atoms with E-state index in [1.54, 1.807) is 59.3 Å². The lowest BCUT2D eigenvalue weighted by Crippen LogP contribution is -2.16. The first-order chi connectivity index (χ1) is 14.4. The predicted molar refractivity (Wildman–Crippen MR) is 116 cm³/mol. The van der Waals surface area contributed by atoms with Crippen molar-refractivity contribution in [3.05, 3.63) is 89.4 Å². The lowest BCUT2D eigenvalue weighted by atomic mass is 10.1. The van der Waals surface area contributed by atoms with E-state index in [0.717, 1.165) is 11.1 Å². The normalized spacial score (nSPS) is 11.2. The van der Waals surface area contributed by atoms with Crippen LogP contribution in [0.2, 0.25) is 5.02 Å². The number of para-hydroxylation sites is 1. The molecule has 0 radical (unpaired) electrons. The van der Waals surface area contributed by atoms with Gasteiger partial charge in [-0.05, 0) is 42.5 Å². The van der Waals surface area contributed by atoms with Crippen molar-refractivity contribution in [2.24, 2.45) is 5.14 Å². The number of aromatic nitrogens is 2. The molecule has 4 aromatic rings. The Balaban J connectivity index is 1.96. The molecular weight excluding hydrogens is 420 g/mol. The van der Waals surface area contributed by atoms with E-state index in [9.17, 15) is 8.42 Å². The fraction of sp³-hybridized carbons (Fsp3) is 0. The molecule has 1 heterocycles. The van der Waals surface area contributed by atoms with Crippen molar-refractivity contribution in [1.29, 1.82) is 5.26 Å². The van der Waals surface area contributed by atoms with E-state index in [0.29, 0.717) is 27.7 Å². The molecule has 1 aromatic heterocycles. The highest BCUT2D eigenvalue weighted by molar-refractivity contribution is 7.89. The summed E-state index contributed by atoms with van der Waals surface area (Å²) in [5.74, 6) is 0. The van der Waals surface area contributed by atoms with Crippen molar-refractivity contribution in [3.63, 3.8) is 0 Å². The highest BCUT2D eigenvalue weighted by atomic mass is 35.5. The monoisotopic (exact) mass is 434 g/mol. The molecule has 0 aliphatic carbocycles. The quantitative estimate of drug-likeness (QED) is 0.514. The molecule has 0 unspecified atom stereocenters. The van der Waals surface area contributed by atoms with Crippen molar-refractivity contribution in [3.8, 4) is 34.3 Å². The number of nitrogens with zero attached hydrogens (tertiary/aromatic N) is 3. The summed E-state index contributed by atoms with van der Waals surface area (Å²) in [5.41, 5.74) is 3.75. The molecule has 8 heteroatoms. The van der Waals surface area contributed by atoms with Gasteiger partial charge in [-0.15, -0.1) is 0 Å². The number of hydrogen-bond donors (Lipinski definition) is 1. The van der Waals surface area contributed by atoms with Gasteiger partial charge in [-0.3, -0.25) is 0 Å². The number of halogens is 1. The summed E-state index contributed by atoms with van der Waals surface area (Å²) >= 11 is 6.03. The molecule has 30 heavy (non-hydrogen) atoms. The van der Waals surface area contributed by atoms with E-state index in [-0.39, 0.29) is 4.90 Å². The van der Waals surface area contributed by atoms with Crippen LogP contribution in [-0.2, 0) is 10.0 Å². The minimum Gasteiger partial charge on any atom is -0.231 e. The van der Waals surface area contributed by atoms with Gasteiger partial charge in [0, 0.05) is 16.1 Å². The molecule has 0 saturated heterocycles. The van der Waals surface area contributed by atoms with Crippen LogP contribution in [0, 0.1) is 11.3 Å². The molecule has 4 rings (SSSR count). The summed E-state index contributed by atoms with van der Waals surface area (Å²) in [7, 11) is -3.97. The smallest absolute Gasteiger partial charge is 0.231 e. The maximum absolute atomic E-state index is 12.2. The first-order valence-corrected chi connectivity index (χ1v) is 10.8. The Bertz CT molecular complexity index is 1370. The predicted octanol–water partition coefficient (Wildman–Crippen LogP) is 4.38. The third-order valence-electron chi connectivity index (χ3n) is 4.56. The first-order valence-electron chi connectivity index (χ1n) is 8.85. The molecule has 0 fully saturated rings. The molecule has 3 aromatic carbocycles. The van der Waals surface area contributed by atoms with Crippen molar-refractivity contribution >= 4 is 21.6 Å². The zero-order valence-electron chi connectivity index (χ0n) is 15.5. The highest BCUT2D eigenvalue weighted by Crippen LogP contribution is 2.31. The van der Waals surface area contributed by atoms with Crippen molar-refractivity contribution in [1.82, 2.24) is 9.78 Å². The first kappa shape index (κ1) is 19.9. The van der Waals surface area contributed by atoms with Crippen LogP contribution in [0.4, 0.5) is 0 Å². The van der Waals surface area contributed by atoms with Crippen LogP contribution in [0.3, 0.4) is 0 Å². The largest absolute Gasteiger partial charge is 0.240 e. The molecule has 0 aliphatic rings. The minimum atomic E-state index is -3.97. The number of nitriles is 1. The van der Waals surface area contributed by atoms with Gasteiger partial charge in [0.1, 0.15) is 4.90 Å². The minimum absolute atomic E-state index is 0.0327. The highest BCUT2D eigenvalue weighted by Gasteiger charge is 2.20. The number of sulfonamides is 1. The summed E-state index contributed by atoms with van der Waals surface area (Å²) in [6.45, 7) is 0. The zero-order valence-corrected chi connectivity index (χ0v) is 17.1. The Labute approximate surface area is 178 Å². The van der Waals surface area contributed by atoms with Crippen LogP contribution >= 0.6 is 11.6 Å². The van der Waals surface area contributed by atoms with E-state index in [2.05, 4.69) is 11.2 Å². The van der Waals surface area contributed by atoms with E-state index in [4.69, 9.17) is 22.0 Å². The topological polar surface area (TPSA) is 102 Å². The van der Waals surface area contributed by atoms with Gasteiger partial charge in [0.25, 0.3) is 0 Å². The maximum Gasteiger partial charge on any atom is 0.240 e. The molecule has 0 aliphatic heterocycles. The van der Waals surface area contributed by atoms with Crippen LogP contribution in [0.25, 0.3) is 28.2 Å². The summed E-state index contributed by atoms with van der Waals surface area (Å²) in [6.07, 6.45) is 0. The number of benzene rings is 3. The van der Waals surface area contributed by atoms with E-state index in [1.165, 1.54) is 6.07 Å². The Morgan fingerprint density at radius 3 is 2.20 bits per heavy atom. The van der Waals surface area contributed by atoms with Gasteiger partial charge in [0.05, 0.1) is 28.7 Å². The van der Waals surface area contributed by atoms with Gasteiger partial charge < -0.3 is 0 Å². The van der Waals surface area contributed by atoms with Gasteiger partial charge in [-0.25, -0.2) is 18.2 Å². The summed E-state index contributed by atoms with van der Waals surface area (Å²) in [5, 5.41) is 19.7. The molecular formula is C22H15ClN4O2S. The molecule has 148 valence electrons. The van der Waals surface area contributed by atoms with Crippen molar-refractivity contribution < 1.29 is 8.42 Å². The lowest BCUT2D eigenvalue weighted by molar-refractivity contribution is 0.596. The van der Waals surface area contributed by atoms with Crippen LogP contribution < -0.4 is 5.14 Å². The Morgan fingerprint density at radius 2 is 1.57 bits per heavy atom.